The number of anilines is 2. The molecule has 0 unspecified atom stereocenters. The number of amides is 1. The summed E-state index contributed by atoms with van der Waals surface area (Å²) >= 11 is 0. The monoisotopic (exact) mass is 321 g/mol. The first-order valence-corrected chi connectivity index (χ1v) is 8.91. The largest absolute Gasteiger partial charge is 0.370 e. The molecule has 0 saturated carbocycles. The SMILES string of the molecule is O=C(Nc1ccc(N2CCCC2)cn1)[C@H]1CCCc2ccccc21. The predicted octanol–water partition coefficient (Wildman–Crippen LogP) is 3.74. The third-order valence-corrected chi connectivity index (χ3v) is 5.16. The van der Waals surface area contributed by atoms with E-state index in [9.17, 15) is 4.79 Å². The van der Waals surface area contributed by atoms with E-state index in [4.69, 9.17) is 0 Å². The van der Waals surface area contributed by atoms with Crippen molar-refractivity contribution in [1.29, 1.82) is 0 Å². The number of pyridine rings is 1. The van der Waals surface area contributed by atoms with Crippen LogP contribution in [0, 0.1) is 0 Å². The molecule has 1 aromatic heterocycles. The number of nitrogens with one attached hydrogen (secondary N) is 1. The molecular formula is C20H23N3O. The molecule has 24 heavy (non-hydrogen) atoms. The van der Waals surface area contributed by atoms with Crippen LogP contribution in [0.4, 0.5) is 11.5 Å². The second-order valence-corrected chi connectivity index (χ2v) is 6.73. The van der Waals surface area contributed by atoms with Crippen molar-refractivity contribution in [2.24, 2.45) is 0 Å². The van der Waals surface area contributed by atoms with Gasteiger partial charge in [0, 0.05) is 13.1 Å². The Kier molecular flexibility index (Phi) is 4.20. The Morgan fingerprint density at radius 2 is 1.92 bits per heavy atom. The van der Waals surface area contributed by atoms with Crippen molar-refractivity contribution in [2.45, 2.75) is 38.0 Å². The smallest absolute Gasteiger partial charge is 0.233 e. The molecule has 4 nitrogen and oxygen atoms in total. The lowest BCUT2D eigenvalue weighted by molar-refractivity contribution is -0.117. The summed E-state index contributed by atoms with van der Waals surface area (Å²) in [5.74, 6) is 0.643. The second-order valence-electron chi connectivity index (χ2n) is 6.73. The molecule has 1 aliphatic carbocycles. The van der Waals surface area contributed by atoms with Crippen LogP contribution in [0.2, 0.25) is 0 Å². The molecule has 1 saturated heterocycles. The Morgan fingerprint density at radius 3 is 2.71 bits per heavy atom. The number of hydrogen-bond acceptors (Lipinski definition) is 3. The molecule has 1 atom stereocenters. The van der Waals surface area contributed by atoms with Crippen molar-refractivity contribution < 1.29 is 4.79 Å². The summed E-state index contributed by atoms with van der Waals surface area (Å²) in [7, 11) is 0. The summed E-state index contributed by atoms with van der Waals surface area (Å²) in [6, 6.07) is 12.3. The molecule has 0 bridgehead atoms. The number of nitrogens with zero attached hydrogens (tertiary/aromatic N) is 2. The van der Waals surface area contributed by atoms with Gasteiger partial charge in [-0.2, -0.15) is 0 Å². The number of carbonyl (C=O) groups is 1. The summed E-state index contributed by atoms with van der Waals surface area (Å²) in [5.41, 5.74) is 3.63. The van der Waals surface area contributed by atoms with Crippen molar-refractivity contribution in [1.82, 2.24) is 4.98 Å². The van der Waals surface area contributed by atoms with Gasteiger partial charge >= 0.3 is 0 Å². The fourth-order valence-corrected chi connectivity index (χ4v) is 3.86. The molecule has 1 aromatic carbocycles. The van der Waals surface area contributed by atoms with Gasteiger partial charge in [-0.25, -0.2) is 4.98 Å². The molecule has 4 heteroatoms. The molecule has 2 heterocycles. The van der Waals surface area contributed by atoms with Gasteiger partial charge < -0.3 is 10.2 Å². The highest BCUT2D eigenvalue weighted by Crippen LogP contribution is 2.32. The van der Waals surface area contributed by atoms with E-state index in [1.54, 1.807) is 0 Å². The highest BCUT2D eigenvalue weighted by molar-refractivity contribution is 5.95. The maximum atomic E-state index is 12.7. The zero-order chi connectivity index (χ0) is 16.4. The summed E-state index contributed by atoms with van der Waals surface area (Å²) in [5, 5.41) is 3.00. The third kappa shape index (κ3) is 3.01. The molecular weight excluding hydrogens is 298 g/mol. The van der Waals surface area contributed by atoms with E-state index in [0.29, 0.717) is 5.82 Å². The van der Waals surface area contributed by atoms with Gasteiger partial charge in [0.15, 0.2) is 0 Å². The van der Waals surface area contributed by atoms with Gasteiger partial charge in [0.2, 0.25) is 5.91 Å². The van der Waals surface area contributed by atoms with E-state index in [1.807, 2.05) is 18.3 Å². The molecule has 1 fully saturated rings. The Balaban J connectivity index is 1.46. The molecule has 4 rings (SSSR count). The van der Waals surface area contributed by atoms with Gasteiger partial charge in [-0.3, -0.25) is 4.79 Å². The number of rotatable bonds is 3. The zero-order valence-electron chi connectivity index (χ0n) is 13.9. The summed E-state index contributed by atoms with van der Waals surface area (Å²) < 4.78 is 0. The average molecular weight is 321 g/mol. The highest BCUT2D eigenvalue weighted by atomic mass is 16.1. The fourth-order valence-electron chi connectivity index (χ4n) is 3.86. The number of benzene rings is 1. The van der Waals surface area contributed by atoms with Crippen molar-refractivity contribution in [2.75, 3.05) is 23.3 Å². The minimum Gasteiger partial charge on any atom is -0.370 e. The normalized spacial score (nSPS) is 19.8. The van der Waals surface area contributed by atoms with Crippen LogP contribution in [0.1, 0.15) is 42.7 Å². The van der Waals surface area contributed by atoms with Gasteiger partial charge in [-0.15, -0.1) is 0 Å². The van der Waals surface area contributed by atoms with E-state index in [1.165, 1.54) is 24.0 Å². The van der Waals surface area contributed by atoms with Crippen LogP contribution < -0.4 is 10.2 Å². The van der Waals surface area contributed by atoms with Crippen LogP contribution in [-0.4, -0.2) is 24.0 Å². The van der Waals surface area contributed by atoms with Gasteiger partial charge in [0.05, 0.1) is 17.8 Å². The van der Waals surface area contributed by atoms with Crippen LogP contribution in [0.15, 0.2) is 42.6 Å². The Bertz CT molecular complexity index is 720. The number of aryl methyl sites for hydroxylation is 1. The van der Waals surface area contributed by atoms with Crippen LogP contribution in [0.3, 0.4) is 0 Å². The van der Waals surface area contributed by atoms with Crippen molar-refractivity contribution in [3.63, 3.8) is 0 Å². The molecule has 2 aromatic rings. The Hall–Kier alpha value is -2.36. The zero-order valence-corrected chi connectivity index (χ0v) is 13.9. The van der Waals surface area contributed by atoms with Crippen LogP contribution in [0.5, 0.6) is 0 Å². The lowest BCUT2D eigenvalue weighted by atomic mass is 9.82. The number of carbonyl (C=O) groups excluding carboxylic acids is 1. The van der Waals surface area contributed by atoms with E-state index >= 15 is 0 Å². The average Bonchev–Trinajstić information content (AvgIpc) is 3.16. The second kappa shape index (κ2) is 6.63. The standard InChI is InChI=1S/C20H23N3O/c24-20(18-9-5-7-15-6-1-2-8-17(15)18)22-19-11-10-16(14-21-19)23-12-3-4-13-23/h1-2,6,8,10-11,14,18H,3-5,7,9,12-13H2,(H,21,22,24)/t18-/m0/s1. The summed E-state index contributed by atoms with van der Waals surface area (Å²) in [4.78, 5) is 19.5. The first-order chi connectivity index (χ1) is 11.8. The quantitative estimate of drug-likeness (QED) is 0.936. The summed E-state index contributed by atoms with van der Waals surface area (Å²) in [6.45, 7) is 2.21. The third-order valence-electron chi connectivity index (χ3n) is 5.16. The topological polar surface area (TPSA) is 45.2 Å². The number of aromatic nitrogens is 1. The summed E-state index contributed by atoms with van der Waals surface area (Å²) in [6.07, 6.45) is 7.42. The van der Waals surface area contributed by atoms with E-state index in [-0.39, 0.29) is 11.8 Å². The van der Waals surface area contributed by atoms with E-state index < -0.39 is 0 Å². The van der Waals surface area contributed by atoms with E-state index in [2.05, 4.69) is 39.5 Å². The molecule has 124 valence electrons. The first-order valence-electron chi connectivity index (χ1n) is 8.91. The van der Waals surface area contributed by atoms with Crippen LogP contribution in [0.25, 0.3) is 0 Å². The van der Waals surface area contributed by atoms with Gasteiger partial charge in [0.1, 0.15) is 5.82 Å². The first kappa shape index (κ1) is 15.2. The predicted molar refractivity (Wildman–Crippen MR) is 96.4 cm³/mol. The molecule has 1 N–H and O–H groups in total. The van der Waals surface area contributed by atoms with Crippen molar-refractivity contribution in [3.8, 4) is 0 Å². The van der Waals surface area contributed by atoms with Crippen LogP contribution in [-0.2, 0) is 11.2 Å². The van der Waals surface area contributed by atoms with Crippen molar-refractivity contribution in [3.05, 3.63) is 53.7 Å². The van der Waals surface area contributed by atoms with Crippen molar-refractivity contribution >= 4 is 17.4 Å². The number of hydrogen-bond donors (Lipinski definition) is 1. The fraction of sp³-hybridized carbons (Fsp3) is 0.400. The van der Waals surface area contributed by atoms with Gasteiger partial charge in [0.25, 0.3) is 0 Å². The Morgan fingerprint density at radius 1 is 1.08 bits per heavy atom. The Labute approximate surface area is 142 Å². The molecule has 1 aliphatic heterocycles. The van der Waals surface area contributed by atoms with Crippen LogP contribution >= 0.6 is 0 Å². The molecule has 0 radical (unpaired) electrons. The lowest BCUT2D eigenvalue weighted by Crippen LogP contribution is -2.25. The lowest BCUT2D eigenvalue weighted by Gasteiger charge is -2.24. The highest BCUT2D eigenvalue weighted by Gasteiger charge is 2.26. The number of fused-ring (bicyclic) bond motifs is 1. The van der Waals surface area contributed by atoms with Gasteiger partial charge in [-0.05, 0) is 55.4 Å². The minimum absolute atomic E-state index is 0.0589. The van der Waals surface area contributed by atoms with Gasteiger partial charge in [-0.1, -0.05) is 24.3 Å². The molecule has 1 amide bonds. The minimum atomic E-state index is -0.0602. The molecule has 0 spiro atoms. The maximum absolute atomic E-state index is 12.7. The maximum Gasteiger partial charge on any atom is 0.233 e. The molecule has 2 aliphatic rings. The van der Waals surface area contributed by atoms with E-state index in [0.717, 1.165) is 38.0 Å².